The Labute approximate surface area is 224 Å². The van der Waals surface area contributed by atoms with E-state index in [9.17, 15) is 9.18 Å². The van der Waals surface area contributed by atoms with E-state index in [4.69, 9.17) is 11.8 Å². The summed E-state index contributed by atoms with van der Waals surface area (Å²) in [6, 6.07) is 16.9. The third-order valence-electron chi connectivity index (χ3n) is 6.45. The number of alkyl halides is 1. The first-order valence-electron chi connectivity index (χ1n) is 14.2. The van der Waals surface area contributed by atoms with Crippen molar-refractivity contribution in [3.05, 3.63) is 48.5 Å². The molecule has 2 aromatic carbocycles. The summed E-state index contributed by atoms with van der Waals surface area (Å²) in [4.78, 5) is 11.9. The van der Waals surface area contributed by atoms with Crippen molar-refractivity contribution in [3.8, 4) is 0 Å². The van der Waals surface area contributed by atoms with Gasteiger partial charge in [-0.3, -0.25) is 9.71 Å². The van der Waals surface area contributed by atoms with Crippen LogP contribution in [0, 0.1) is 0 Å². The first kappa shape index (κ1) is 28.6. The number of benzene rings is 2. The molecule has 0 radical (unpaired) electrons. The Morgan fingerprint density at radius 1 is 0.838 bits per heavy atom. The van der Waals surface area contributed by atoms with Gasteiger partial charge in [-0.1, -0.05) is 62.8 Å². The van der Waals surface area contributed by atoms with Crippen LogP contribution in [-0.2, 0) is 4.74 Å². The molecule has 206 valence electrons. The number of anilines is 4. The molecule has 37 heavy (non-hydrogen) atoms. The second kappa shape index (κ2) is 16.0. The van der Waals surface area contributed by atoms with E-state index in [-0.39, 0.29) is 0 Å². The van der Waals surface area contributed by atoms with Gasteiger partial charge in [0.15, 0.2) is 0 Å². The van der Waals surface area contributed by atoms with Gasteiger partial charge in [-0.25, -0.2) is 4.79 Å². The molecule has 2 aliphatic carbocycles. The van der Waals surface area contributed by atoms with E-state index >= 15 is 0 Å². The van der Waals surface area contributed by atoms with Crippen molar-refractivity contribution < 1.29 is 15.3 Å². The van der Waals surface area contributed by atoms with Gasteiger partial charge in [0.05, 0.1) is 31.3 Å². The van der Waals surface area contributed by atoms with E-state index in [0.717, 1.165) is 22.7 Å². The normalized spacial score (nSPS) is 16.6. The van der Waals surface area contributed by atoms with Crippen molar-refractivity contribution in [1.82, 2.24) is 0 Å². The van der Waals surface area contributed by atoms with E-state index < -0.39 is 18.8 Å². The molecule has 2 aliphatic rings. The molecule has 0 unspecified atom stereocenters. The van der Waals surface area contributed by atoms with Gasteiger partial charge >= 0.3 is 6.09 Å². The monoisotopic (exact) mass is 515 g/mol. The summed E-state index contributed by atoms with van der Waals surface area (Å²) in [6.45, 7) is 5.58. The maximum absolute atomic E-state index is 11.9. The summed E-state index contributed by atoms with van der Waals surface area (Å²) in [5, 5.41) is 9.90. The lowest BCUT2D eigenvalue weighted by molar-refractivity contribution is 0.0636. The van der Waals surface area contributed by atoms with Crippen LogP contribution in [0.1, 0.15) is 86.4 Å². The third-order valence-corrected chi connectivity index (χ3v) is 6.45. The molecule has 1 amide bonds. The number of carbonyl (C=O) groups excluding carboxylic acids is 1. The summed E-state index contributed by atoms with van der Waals surface area (Å²) in [5.74, 6) is 0. The second-order valence-corrected chi connectivity index (χ2v) is 10.7. The maximum atomic E-state index is 11.9. The van der Waals surface area contributed by atoms with E-state index in [1.54, 1.807) is 0 Å². The van der Waals surface area contributed by atoms with Crippen molar-refractivity contribution in [2.24, 2.45) is 0 Å². The van der Waals surface area contributed by atoms with E-state index in [1.807, 2.05) is 63.2 Å². The molecule has 0 bridgehead atoms. The summed E-state index contributed by atoms with van der Waals surface area (Å²) in [6.07, 6.45) is 12.5. The van der Waals surface area contributed by atoms with Gasteiger partial charge in [0.1, 0.15) is 5.60 Å². The molecule has 0 aliphatic heterocycles. The zero-order valence-electron chi connectivity index (χ0n) is 23.8. The van der Waals surface area contributed by atoms with Crippen molar-refractivity contribution in [2.45, 2.75) is 103 Å². The lowest BCUT2D eigenvalue weighted by Gasteiger charge is -2.25. The highest BCUT2D eigenvalue weighted by atomic mass is 19.1. The van der Waals surface area contributed by atoms with Crippen molar-refractivity contribution in [3.63, 3.8) is 0 Å². The van der Waals surface area contributed by atoms with Crippen molar-refractivity contribution >= 4 is 28.8 Å². The average Bonchev–Trinajstić information content (AvgIpc) is 2.88. The molecule has 2 saturated carbocycles. The van der Waals surface area contributed by atoms with Crippen LogP contribution in [0.4, 0.5) is 31.9 Å². The van der Waals surface area contributed by atoms with Gasteiger partial charge in [-0.15, -0.1) is 0 Å². The van der Waals surface area contributed by atoms with Crippen LogP contribution in [0.3, 0.4) is 0 Å². The molecule has 0 aromatic heterocycles. The minimum Gasteiger partial charge on any atom is -0.444 e. The van der Waals surface area contributed by atoms with Gasteiger partial charge in [-0.05, 0) is 70.7 Å². The molecule has 0 saturated heterocycles. The Morgan fingerprint density at radius 3 is 1.76 bits per heavy atom. The van der Waals surface area contributed by atoms with Gasteiger partial charge in [0.25, 0.3) is 0 Å². The second-order valence-electron chi connectivity index (χ2n) is 10.7. The van der Waals surface area contributed by atoms with Crippen LogP contribution in [0.25, 0.3) is 0 Å². The molecular formula is C30H47FN4O2. The Hall–Kier alpha value is -2.96. The van der Waals surface area contributed by atoms with E-state index in [2.05, 4.69) is 22.0 Å². The number of nitrogen functional groups attached to an aromatic ring is 1. The number of hydrogen-bond acceptors (Lipinski definition) is 5. The van der Waals surface area contributed by atoms with Crippen LogP contribution < -0.4 is 21.7 Å². The number of hydrogen-bond donors (Lipinski definition) is 4. The Kier molecular flexibility index (Phi) is 12.4. The van der Waals surface area contributed by atoms with Gasteiger partial charge < -0.3 is 21.1 Å². The van der Waals surface area contributed by atoms with Crippen LogP contribution in [0.2, 0.25) is 0 Å². The van der Waals surface area contributed by atoms with Crippen molar-refractivity contribution in [2.75, 3.05) is 28.8 Å². The lowest BCUT2D eigenvalue weighted by atomic mass is 9.95. The highest BCUT2D eigenvalue weighted by molar-refractivity contribution is 5.89. The van der Waals surface area contributed by atoms with Gasteiger partial charge in [0, 0.05) is 12.1 Å². The number of nitrogens with one attached hydrogen (secondary N) is 3. The van der Waals surface area contributed by atoms with Crippen LogP contribution >= 0.6 is 0 Å². The van der Waals surface area contributed by atoms with Crippen LogP contribution in [0.5, 0.6) is 0 Å². The Morgan fingerprint density at radius 2 is 1.27 bits per heavy atom. The predicted molar refractivity (Wildman–Crippen MR) is 155 cm³/mol. The number of para-hydroxylation sites is 4. The Bertz CT molecular complexity index is 942. The first-order chi connectivity index (χ1) is 18.2. The topological polar surface area (TPSA) is 88.4 Å². The predicted octanol–water partition coefficient (Wildman–Crippen LogP) is 8.38. The molecule has 0 atom stereocenters. The molecule has 5 N–H and O–H groups in total. The summed E-state index contributed by atoms with van der Waals surface area (Å²) in [5.41, 5.74) is 9.08. The number of ether oxygens (including phenoxy) is 1. The lowest BCUT2D eigenvalue weighted by Crippen LogP contribution is -2.28. The highest BCUT2D eigenvalue weighted by Crippen LogP contribution is 2.27. The first-order valence-corrected chi connectivity index (χ1v) is 13.5. The minimum absolute atomic E-state index is 0.416. The third kappa shape index (κ3) is 11.8. The van der Waals surface area contributed by atoms with E-state index in [0.29, 0.717) is 12.1 Å². The average molecular weight is 516 g/mol. The summed E-state index contributed by atoms with van der Waals surface area (Å²) >= 11 is 0. The number of halogens is 1. The fourth-order valence-electron chi connectivity index (χ4n) is 4.69. The van der Waals surface area contributed by atoms with Crippen LogP contribution in [-0.4, -0.2) is 30.9 Å². The highest BCUT2D eigenvalue weighted by Gasteiger charge is 2.19. The summed E-state index contributed by atoms with van der Waals surface area (Å²) < 4.78 is 20.8. The largest absolute Gasteiger partial charge is 0.444 e. The summed E-state index contributed by atoms with van der Waals surface area (Å²) in [7, 11) is -1.00. The number of carbonyl (C=O) groups is 1. The van der Waals surface area contributed by atoms with E-state index in [1.165, 1.54) is 64.2 Å². The molecule has 2 aromatic rings. The standard InChI is InChI=1S/C17H26N2O2.C12H18N2.CH3F/c1-17(2,3)21-16(20)19-15-12-8-7-11-14(15)18-13-9-5-4-6-10-13;13-11-8-4-5-9-12(11)14-10-6-2-1-3-7-10;1-2/h7-8,11-13,18H,4-6,9-10H2,1-3H3,(H,19,20);4-5,8-10,14H,1-3,6-7,13H2;1H3/i;;1D. The SMILES string of the molecule is CC(C)(C)OC(=O)Nc1ccccc1NC1CCCCC1.Nc1ccccc1NC1CCCCC1.[2H]CF. The van der Waals surface area contributed by atoms with Gasteiger partial charge in [0.2, 0.25) is 0 Å². The fraction of sp³-hybridized carbons (Fsp3) is 0.567. The minimum atomic E-state index is -1.00. The molecule has 0 heterocycles. The number of nitrogens with two attached hydrogens (primary N) is 1. The molecule has 2 fully saturated rings. The molecule has 0 spiro atoms. The maximum Gasteiger partial charge on any atom is 0.412 e. The van der Waals surface area contributed by atoms with Crippen molar-refractivity contribution in [1.29, 1.82) is 0 Å². The fourth-order valence-corrected chi connectivity index (χ4v) is 4.69. The zero-order chi connectivity index (χ0) is 27.8. The molecule has 7 heteroatoms. The zero-order valence-corrected chi connectivity index (χ0v) is 22.8. The molecule has 4 rings (SSSR count). The molecule has 6 nitrogen and oxygen atoms in total. The number of amides is 1. The van der Waals surface area contributed by atoms with Crippen LogP contribution in [0.15, 0.2) is 48.5 Å². The quantitative estimate of drug-likeness (QED) is 0.300. The number of rotatable bonds is 5. The van der Waals surface area contributed by atoms with Gasteiger partial charge in [-0.2, -0.15) is 0 Å². The molecular weight excluding hydrogens is 467 g/mol. The smallest absolute Gasteiger partial charge is 0.412 e. The Balaban J connectivity index is 0.000000257.